The largest absolute Gasteiger partial charge is 0.409 e. The molecule has 1 aliphatic rings. The van der Waals surface area contributed by atoms with Gasteiger partial charge in [0.1, 0.15) is 0 Å². The summed E-state index contributed by atoms with van der Waals surface area (Å²) in [5, 5.41) is 4.40. The van der Waals surface area contributed by atoms with Crippen LogP contribution in [0.4, 0.5) is 8.78 Å². The summed E-state index contributed by atoms with van der Waals surface area (Å²) in [7, 11) is -1.92. The summed E-state index contributed by atoms with van der Waals surface area (Å²) in [5.41, 5.74) is 0.745. The summed E-state index contributed by atoms with van der Waals surface area (Å²) in [6.45, 7) is 7.02. The van der Waals surface area contributed by atoms with Gasteiger partial charge in [0.05, 0.1) is 16.1 Å². The highest BCUT2D eigenvalue weighted by Gasteiger charge is 2.37. The van der Waals surface area contributed by atoms with Crippen LogP contribution < -0.4 is 5.32 Å². The van der Waals surface area contributed by atoms with E-state index in [1.807, 2.05) is 0 Å². The number of halogens is 4. The molecule has 1 aliphatic carbocycles. The fourth-order valence-corrected chi connectivity index (χ4v) is 7.16. The molecule has 1 saturated carbocycles. The molecule has 0 radical (unpaired) electrons. The Labute approximate surface area is 172 Å². The number of rotatable bonds is 9. The van der Waals surface area contributed by atoms with Gasteiger partial charge in [-0.2, -0.15) is 0 Å². The second-order valence-corrected chi connectivity index (χ2v) is 12.9. The smallest absolute Gasteiger partial charge is 0.248 e. The number of nitrogens with zero attached hydrogens (tertiary/aromatic N) is 1. The second-order valence-electron chi connectivity index (χ2n) is 7.41. The Morgan fingerprint density at radius 2 is 1.67 bits per heavy atom. The van der Waals surface area contributed by atoms with Crippen LogP contribution in [0.1, 0.15) is 58.1 Å². The molecule has 3 nitrogen and oxygen atoms in total. The average molecular weight is 439 g/mol. The van der Waals surface area contributed by atoms with Crippen LogP contribution in [0.25, 0.3) is 0 Å². The molecule has 1 unspecified atom stereocenters. The van der Waals surface area contributed by atoms with Gasteiger partial charge in [0, 0.05) is 43.4 Å². The third-order valence-electron chi connectivity index (χ3n) is 5.85. The van der Waals surface area contributed by atoms with E-state index in [1.54, 1.807) is 12.4 Å². The van der Waals surface area contributed by atoms with E-state index in [0.29, 0.717) is 29.4 Å². The van der Waals surface area contributed by atoms with Gasteiger partial charge in [0.2, 0.25) is 5.92 Å². The summed E-state index contributed by atoms with van der Waals surface area (Å²) in [4.78, 5) is 4.04. The topological polar surface area (TPSA) is 34.1 Å². The highest BCUT2D eigenvalue weighted by molar-refractivity contribution is 6.73. The zero-order chi connectivity index (χ0) is 20.1. The molecule has 0 saturated heterocycles. The molecule has 1 heterocycles. The molecule has 0 aliphatic heterocycles. The van der Waals surface area contributed by atoms with Crippen LogP contribution >= 0.6 is 23.2 Å². The molecule has 2 rings (SSSR count). The van der Waals surface area contributed by atoms with Crippen LogP contribution in [-0.4, -0.2) is 31.8 Å². The first-order chi connectivity index (χ1) is 12.8. The Hall–Kier alpha value is -0.273. The number of pyridine rings is 1. The van der Waals surface area contributed by atoms with Crippen LogP contribution in [-0.2, 0) is 4.43 Å². The van der Waals surface area contributed by atoms with Gasteiger partial charge >= 0.3 is 0 Å². The molecule has 1 aromatic rings. The van der Waals surface area contributed by atoms with Crippen molar-refractivity contribution in [2.24, 2.45) is 0 Å². The lowest BCUT2D eigenvalue weighted by atomic mass is 9.92. The minimum absolute atomic E-state index is 0.0650. The Bertz CT molecular complexity index is 579. The van der Waals surface area contributed by atoms with Crippen LogP contribution in [0, 0.1) is 0 Å². The number of aromatic nitrogens is 1. The second kappa shape index (κ2) is 9.97. The lowest BCUT2D eigenvalue weighted by Crippen LogP contribution is -2.43. The van der Waals surface area contributed by atoms with Gasteiger partial charge in [-0.05, 0) is 31.0 Å². The first kappa shape index (κ1) is 23.0. The molecular weight excluding hydrogens is 409 g/mol. The number of nitrogens with one attached hydrogen (secondary N) is 1. The molecule has 0 aromatic carbocycles. The highest BCUT2D eigenvalue weighted by Crippen LogP contribution is 2.37. The molecule has 1 N–H and O–H groups in total. The van der Waals surface area contributed by atoms with Gasteiger partial charge < -0.3 is 9.74 Å². The zero-order valence-corrected chi connectivity index (χ0v) is 18.8. The quantitative estimate of drug-likeness (QED) is 0.439. The summed E-state index contributed by atoms with van der Waals surface area (Å²) >= 11 is 12.8. The van der Waals surface area contributed by atoms with Gasteiger partial charge in [-0.15, -0.1) is 0 Å². The fraction of sp³-hybridized carbons (Fsp3) is 0.737. The van der Waals surface area contributed by atoms with Crippen molar-refractivity contribution in [2.75, 3.05) is 6.54 Å². The lowest BCUT2D eigenvalue weighted by Gasteiger charge is -2.36. The van der Waals surface area contributed by atoms with E-state index in [0.717, 1.165) is 23.7 Å². The van der Waals surface area contributed by atoms with Crippen molar-refractivity contribution >= 4 is 31.5 Å². The van der Waals surface area contributed by atoms with Gasteiger partial charge in [-0.3, -0.25) is 4.98 Å². The summed E-state index contributed by atoms with van der Waals surface area (Å²) in [6, 6.07) is 3.09. The number of hydrogen-bond acceptors (Lipinski definition) is 3. The first-order valence-electron chi connectivity index (χ1n) is 9.83. The summed E-state index contributed by atoms with van der Waals surface area (Å²) in [5.74, 6) is -2.53. The third kappa shape index (κ3) is 6.10. The molecule has 1 aromatic heterocycles. The van der Waals surface area contributed by atoms with Crippen LogP contribution in [0.15, 0.2) is 12.4 Å². The van der Waals surface area contributed by atoms with Crippen LogP contribution in [0.3, 0.4) is 0 Å². The van der Waals surface area contributed by atoms with Crippen molar-refractivity contribution in [1.29, 1.82) is 0 Å². The Kier molecular flexibility index (Phi) is 8.49. The maximum absolute atomic E-state index is 13.4. The van der Waals surface area contributed by atoms with E-state index in [-0.39, 0.29) is 25.0 Å². The molecule has 27 heavy (non-hydrogen) atoms. The minimum atomic E-state index is -2.53. The van der Waals surface area contributed by atoms with Crippen molar-refractivity contribution in [3.63, 3.8) is 0 Å². The molecule has 1 fully saturated rings. The molecule has 0 spiro atoms. The van der Waals surface area contributed by atoms with Crippen LogP contribution in [0.5, 0.6) is 0 Å². The highest BCUT2D eigenvalue weighted by atomic mass is 35.5. The molecule has 8 heteroatoms. The van der Waals surface area contributed by atoms with E-state index in [1.165, 1.54) is 0 Å². The maximum atomic E-state index is 13.4. The van der Waals surface area contributed by atoms with Crippen molar-refractivity contribution in [3.05, 3.63) is 28.0 Å². The van der Waals surface area contributed by atoms with Crippen molar-refractivity contribution in [2.45, 2.75) is 82.7 Å². The third-order valence-corrected chi connectivity index (χ3v) is 11.1. The standard InChI is InChI=1S/C19H30Cl2F2N2OSi/c1-4-27(5-2,6-3)26-17(18-15(20)11-24-12-16(18)21)13-25-14-7-9-19(22,23)10-8-14/h11-12,14,17,25H,4-10,13H2,1-3H3. The SMILES string of the molecule is CC[Si](CC)(CC)OC(CNC1CCC(F)(F)CC1)c1c(Cl)cncc1Cl. The Balaban J connectivity index is 2.17. The molecular formula is C19H30Cl2F2N2OSi. The van der Waals surface area contributed by atoms with Crippen molar-refractivity contribution in [1.82, 2.24) is 10.3 Å². The molecule has 0 amide bonds. The number of hydrogen-bond donors (Lipinski definition) is 1. The maximum Gasteiger partial charge on any atom is 0.248 e. The van der Waals surface area contributed by atoms with E-state index >= 15 is 0 Å². The normalized spacial score (nSPS) is 19.2. The zero-order valence-electron chi connectivity index (χ0n) is 16.3. The van der Waals surface area contributed by atoms with E-state index in [4.69, 9.17) is 27.6 Å². The molecule has 154 valence electrons. The monoisotopic (exact) mass is 438 g/mol. The van der Waals surface area contributed by atoms with Gasteiger partial charge in [0.15, 0.2) is 8.32 Å². The minimum Gasteiger partial charge on any atom is -0.409 e. The lowest BCUT2D eigenvalue weighted by molar-refractivity contribution is -0.0409. The predicted molar refractivity (Wildman–Crippen MR) is 110 cm³/mol. The van der Waals surface area contributed by atoms with E-state index in [2.05, 4.69) is 31.1 Å². The molecule has 0 bridgehead atoms. The Morgan fingerprint density at radius 3 is 2.15 bits per heavy atom. The number of alkyl halides is 2. The van der Waals surface area contributed by atoms with Crippen molar-refractivity contribution in [3.8, 4) is 0 Å². The van der Waals surface area contributed by atoms with E-state index < -0.39 is 14.2 Å². The summed E-state index contributed by atoms with van der Waals surface area (Å²) < 4.78 is 33.5. The predicted octanol–water partition coefficient (Wildman–Crippen LogP) is 6.62. The van der Waals surface area contributed by atoms with E-state index in [9.17, 15) is 8.78 Å². The Morgan fingerprint density at radius 1 is 1.15 bits per heavy atom. The van der Waals surface area contributed by atoms with Gasteiger partial charge in [-0.1, -0.05) is 44.0 Å². The average Bonchev–Trinajstić information content (AvgIpc) is 2.64. The molecule has 1 atom stereocenters. The van der Waals surface area contributed by atoms with Gasteiger partial charge in [-0.25, -0.2) is 8.78 Å². The van der Waals surface area contributed by atoms with Crippen LogP contribution in [0.2, 0.25) is 28.2 Å². The van der Waals surface area contributed by atoms with Gasteiger partial charge in [0.25, 0.3) is 0 Å². The van der Waals surface area contributed by atoms with Crippen molar-refractivity contribution < 1.29 is 13.2 Å². The fourth-order valence-electron chi connectivity index (χ4n) is 3.75. The summed E-state index contributed by atoms with van der Waals surface area (Å²) in [6.07, 6.45) is 3.66. The first-order valence-corrected chi connectivity index (χ1v) is 13.1.